The number of guanidine groups is 1. The van der Waals surface area contributed by atoms with Crippen LogP contribution in [0.25, 0.3) is 0 Å². The third kappa shape index (κ3) is 6.56. The Bertz CT molecular complexity index is 961. The van der Waals surface area contributed by atoms with Crippen LogP contribution in [0.3, 0.4) is 0 Å². The van der Waals surface area contributed by atoms with Gasteiger partial charge in [-0.2, -0.15) is 0 Å². The molecule has 0 bridgehead atoms. The topological polar surface area (TPSA) is 65.9 Å². The van der Waals surface area contributed by atoms with Crippen LogP contribution in [-0.2, 0) is 13.2 Å². The molecule has 0 atom stereocenters. The van der Waals surface area contributed by atoms with Gasteiger partial charge in [-0.05, 0) is 29.3 Å². The van der Waals surface area contributed by atoms with Gasteiger partial charge in [0.25, 0.3) is 0 Å². The molecule has 32 heavy (non-hydrogen) atoms. The van der Waals surface area contributed by atoms with Gasteiger partial charge >= 0.3 is 0 Å². The third-order valence-corrected chi connectivity index (χ3v) is 5.25. The molecule has 168 valence electrons. The van der Waals surface area contributed by atoms with Gasteiger partial charge in [0.1, 0.15) is 12.4 Å². The second-order valence-corrected chi connectivity index (χ2v) is 7.34. The van der Waals surface area contributed by atoms with Gasteiger partial charge in [0.2, 0.25) is 5.95 Å². The summed E-state index contributed by atoms with van der Waals surface area (Å²) in [6.45, 7) is 4.80. The summed E-state index contributed by atoms with van der Waals surface area (Å²) in [5, 5.41) is 3.47. The number of nitrogens with one attached hydrogen (secondary N) is 1. The maximum atomic E-state index is 5.87. The van der Waals surface area contributed by atoms with E-state index in [0.717, 1.165) is 49.4 Å². The highest BCUT2D eigenvalue weighted by atomic mass is 127. The van der Waals surface area contributed by atoms with E-state index in [1.807, 2.05) is 43.4 Å². The summed E-state index contributed by atoms with van der Waals surface area (Å²) in [4.78, 5) is 17.6. The minimum Gasteiger partial charge on any atom is -0.489 e. The Hall–Kier alpha value is -2.88. The van der Waals surface area contributed by atoms with Crippen LogP contribution in [0.2, 0.25) is 0 Å². The molecule has 1 saturated heterocycles. The monoisotopic (exact) mass is 544 g/mol. The average molecular weight is 544 g/mol. The van der Waals surface area contributed by atoms with Crippen molar-refractivity contribution < 1.29 is 4.74 Å². The number of piperazine rings is 1. The minimum absolute atomic E-state index is 0. The molecule has 0 unspecified atom stereocenters. The van der Waals surface area contributed by atoms with Crippen molar-refractivity contribution in [1.29, 1.82) is 0 Å². The quantitative estimate of drug-likeness (QED) is 0.291. The van der Waals surface area contributed by atoms with Gasteiger partial charge in [-0.25, -0.2) is 9.97 Å². The lowest BCUT2D eigenvalue weighted by Gasteiger charge is -2.36. The first-order valence-corrected chi connectivity index (χ1v) is 10.5. The van der Waals surface area contributed by atoms with E-state index in [-0.39, 0.29) is 24.0 Å². The van der Waals surface area contributed by atoms with E-state index < -0.39 is 0 Å². The number of hydrogen-bond donors (Lipinski definition) is 1. The summed E-state index contributed by atoms with van der Waals surface area (Å²) in [6.07, 6.45) is 3.57. The van der Waals surface area contributed by atoms with Crippen molar-refractivity contribution >= 4 is 35.9 Å². The lowest BCUT2D eigenvalue weighted by Crippen LogP contribution is -2.52. The molecule has 0 aliphatic carbocycles. The molecule has 0 amide bonds. The normalized spacial score (nSPS) is 14.0. The molecule has 4 rings (SSSR count). The van der Waals surface area contributed by atoms with Crippen molar-refractivity contribution in [2.75, 3.05) is 38.1 Å². The number of halogens is 1. The molecular weight excluding hydrogens is 515 g/mol. The maximum Gasteiger partial charge on any atom is 0.225 e. The number of aliphatic imine (C=N–C) groups is 1. The zero-order valence-electron chi connectivity index (χ0n) is 18.2. The first-order valence-electron chi connectivity index (χ1n) is 10.5. The number of ether oxygens (including phenoxy) is 1. The standard InChI is InChI=1S/C24H28N6O.HI/c1-25-23(29-14-16-30(17-15-29)24-26-12-5-13-27-24)28-18-20-8-10-22(11-9-20)31-19-21-6-3-2-4-7-21;/h2-13H,14-19H2,1H3,(H,25,28);1H. The molecule has 2 heterocycles. The summed E-state index contributed by atoms with van der Waals surface area (Å²) in [5.41, 5.74) is 2.35. The summed E-state index contributed by atoms with van der Waals surface area (Å²) in [5.74, 6) is 2.58. The molecule has 1 aliphatic rings. The molecule has 7 nitrogen and oxygen atoms in total. The van der Waals surface area contributed by atoms with E-state index in [0.29, 0.717) is 13.2 Å². The van der Waals surface area contributed by atoms with E-state index in [1.54, 1.807) is 12.4 Å². The van der Waals surface area contributed by atoms with Gasteiger partial charge in [-0.3, -0.25) is 4.99 Å². The van der Waals surface area contributed by atoms with Crippen LogP contribution < -0.4 is 15.0 Å². The van der Waals surface area contributed by atoms with E-state index in [4.69, 9.17) is 4.74 Å². The summed E-state index contributed by atoms with van der Waals surface area (Å²) in [6, 6.07) is 20.2. The number of rotatable bonds is 6. The maximum absolute atomic E-state index is 5.87. The molecule has 8 heteroatoms. The van der Waals surface area contributed by atoms with Crippen molar-refractivity contribution in [2.45, 2.75) is 13.2 Å². The largest absolute Gasteiger partial charge is 0.489 e. The lowest BCUT2D eigenvalue weighted by molar-refractivity contribution is 0.306. The second-order valence-electron chi connectivity index (χ2n) is 7.34. The first kappa shape index (κ1) is 23.8. The predicted molar refractivity (Wildman–Crippen MR) is 139 cm³/mol. The molecule has 1 aliphatic heterocycles. The van der Waals surface area contributed by atoms with Crippen LogP contribution in [0.4, 0.5) is 5.95 Å². The molecule has 0 spiro atoms. The van der Waals surface area contributed by atoms with Gasteiger partial charge in [-0.15, -0.1) is 24.0 Å². The van der Waals surface area contributed by atoms with Gasteiger partial charge in [0.05, 0.1) is 0 Å². The molecule has 2 aromatic carbocycles. The van der Waals surface area contributed by atoms with Crippen LogP contribution >= 0.6 is 24.0 Å². The number of nitrogens with zero attached hydrogens (tertiary/aromatic N) is 5. The Morgan fingerprint density at radius 2 is 1.59 bits per heavy atom. The van der Waals surface area contributed by atoms with Crippen LogP contribution in [0.15, 0.2) is 78.0 Å². The molecular formula is C24H29IN6O. The van der Waals surface area contributed by atoms with Crippen molar-refractivity contribution in [3.63, 3.8) is 0 Å². The van der Waals surface area contributed by atoms with Gasteiger partial charge in [-0.1, -0.05) is 42.5 Å². The van der Waals surface area contributed by atoms with Crippen LogP contribution in [0, 0.1) is 0 Å². The van der Waals surface area contributed by atoms with Gasteiger partial charge in [0, 0.05) is 52.2 Å². The number of hydrogen-bond acceptors (Lipinski definition) is 5. The summed E-state index contributed by atoms with van der Waals surface area (Å²) < 4.78 is 5.87. The molecule has 0 saturated carbocycles. The predicted octanol–water partition coefficient (Wildman–Crippen LogP) is 3.57. The van der Waals surface area contributed by atoms with Crippen molar-refractivity contribution in [1.82, 2.24) is 20.2 Å². The number of benzene rings is 2. The highest BCUT2D eigenvalue weighted by molar-refractivity contribution is 14.0. The third-order valence-electron chi connectivity index (χ3n) is 5.25. The van der Waals surface area contributed by atoms with Gasteiger partial charge < -0.3 is 19.9 Å². The minimum atomic E-state index is 0. The average Bonchev–Trinajstić information content (AvgIpc) is 2.85. The highest BCUT2D eigenvalue weighted by Gasteiger charge is 2.20. The first-order chi connectivity index (χ1) is 15.3. The second kappa shape index (κ2) is 12.2. The smallest absolute Gasteiger partial charge is 0.225 e. The molecule has 1 N–H and O–H groups in total. The fraction of sp³-hybridized carbons (Fsp3) is 0.292. The zero-order valence-corrected chi connectivity index (χ0v) is 20.6. The Labute approximate surface area is 206 Å². The number of aromatic nitrogens is 2. The fourth-order valence-corrected chi connectivity index (χ4v) is 3.53. The van der Waals surface area contributed by atoms with E-state index in [2.05, 4.69) is 54.3 Å². The van der Waals surface area contributed by atoms with Crippen molar-refractivity contribution in [3.8, 4) is 5.75 Å². The number of anilines is 1. The molecule has 1 fully saturated rings. The molecule has 3 aromatic rings. The van der Waals surface area contributed by atoms with Crippen molar-refractivity contribution in [2.24, 2.45) is 4.99 Å². The zero-order chi connectivity index (χ0) is 21.3. The van der Waals surface area contributed by atoms with E-state index >= 15 is 0 Å². The Kier molecular flexibility index (Phi) is 9.09. The fourth-order valence-electron chi connectivity index (χ4n) is 3.53. The SMILES string of the molecule is CN=C(NCc1ccc(OCc2ccccc2)cc1)N1CCN(c2ncccn2)CC1.I. The Morgan fingerprint density at radius 1 is 0.906 bits per heavy atom. The van der Waals surface area contributed by atoms with Crippen LogP contribution in [0.5, 0.6) is 5.75 Å². The molecule has 0 radical (unpaired) electrons. The molecule has 1 aromatic heterocycles. The van der Waals surface area contributed by atoms with Gasteiger partial charge in [0.15, 0.2) is 5.96 Å². The summed E-state index contributed by atoms with van der Waals surface area (Å²) in [7, 11) is 1.83. The van der Waals surface area contributed by atoms with Crippen LogP contribution in [0.1, 0.15) is 11.1 Å². The van der Waals surface area contributed by atoms with E-state index in [1.165, 1.54) is 5.56 Å². The highest BCUT2D eigenvalue weighted by Crippen LogP contribution is 2.15. The van der Waals surface area contributed by atoms with Crippen LogP contribution in [-0.4, -0.2) is 54.1 Å². The Morgan fingerprint density at radius 3 is 2.25 bits per heavy atom. The Balaban J connectivity index is 0.00000289. The van der Waals surface area contributed by atoms with E-state index in [9.17, 15) is 0 Å². The van der Waals surface area contributed by atoms with Crippen molar-refractivity contribution in [3.05, 3.63) is 84.2 Å². The lowest BCUT2D eigenvalue weighted by atomic mass is 10.2. The summed E-state index contributed by atoms with van der Waals surface area (Å²) >= 11 is 0.